The van der Waals surface area contributed by atoms with E-state index in [0.29, 0.717) is 17.7 Å². The van der Waals surface area contributed by atoms with Gasteiger partial charge >= 0.3 is 18.0 Å². The molecule has 23 heavy (non-hydrogen) atoms. The molecular formula is C16H10F7. The van der Waals surface area contributed by atoms with Gasteiger partial charge in [0.25, 0.3) is 0 Å². The third-order valence-electron chi connectivity index (χ3n) is 3.27. The fourth-order valence-corrected chi connectivity index (χ4v) is 2.18. The van der Waals surface area contributed by atoms with E-state index in [9.17, 15) is 30.7 Å². The third-order valence-corrected chi connectivity index (χ3v) is 3.27. The molecule has 0 fully saturated rings. The van der Waals surface area contributed by atoms with Crippen LogP contribution in [0.2, 0.25) is 0 Å². The fraction of sp³-hybridized carbons (Fsp3) is 0.250. The van der Waals surface area contributed by atoms with E-state index in [1.807, 2.05) is 0 Å². The van der Waals surface area contributed by atoms with Crippen LogP contribution in [0.3, 0.4) is 0 Å². The van der Waals surface area contributed by atoms with Crippen LogP contribution in [0.1, 0.15) is 11.1 Å². The van der Waals surface area contributed by atoms with E-state index in [0.717, 1.165) is 0 Å². The van der Waals surface area contributed by atoms with Gasteiger partial charge in [-0.15, -0.1) is 0 Å². The summed E-state index contributed by atoms with van der Waals surface area (Å²) in [5, 5.41) is 0. The van der Waals surface area contributed by atoms with Crippen molar-refractivity contribution < 1.29 is 30.7 Å². The maximum absolute atomic E-state index is 14.1. The first-order chi connectivity index (χ1) is 10.5. The summed E-state index contributed by atoms with van der Waals surface area (Å²) in [6.45, 7) is 1.25. The van der Waals surface area contributed by atoms with Crippen molar-refractivity contribution >= 4 is 0 Å². The highest BCUT2D eigenvalue weighted by molar-refractivity contribution is 5.65. The Balaban J connectivity index is 2.70. The number of benzene rings is 2. The van der Waals surface area contributed by atoms with Crippen LogP contribution in [-0.2, 0) is 5.67 Å². The Morgan fingerprint density at radius 2 is 1.30 bits per heavy atom. The molecule has 2 rings (SSSR count). The van der Waals surface area contributed by atoms with Crippen LogP contribution in [0, 0.1) is 13.0 Å². The van der Waals surface area contributed by atoms with Gasteiger partial charge in [-0.2, -0.15) is 26.3 Å². The second-order valence-electron chi connectivity index (χ2n) is 4.99. The first-order valence-corrected chi connectivity index (χ1v) is 6.39. The van der Waals surface area contributed by atoms with Gasteiger partial charge in [-0.1, -0.05) is 36.4 Å². The molecule has 2 aromatic carbocycles. The quantitative estimate of drug-likeness (QED) is 0.613. The molecule has 0 nitrogen and oxygen atoms in total. The van der Waals surface area contributed by atoms with Crippen molar-refractivity contribution in [2.45, 2.75) is 24.9 Å². The molecule has 0 saturated heterocycles. The molecular weight excluding hydrogens is 325 g/mol. The van der Waals surface area contributed by atoms with Crippen LogP contribution in [0.15, 0.2) is 42.5 Å². The molecule has 0 atom stereocenters. The predicted molar refractivity (Wildman–Crippen MR) is 70.3 cm³/mol. The van der Waals surface area contributed by atoms with E-state index in [-0.39, 0.29) is 11.1 Å². The summed E-state index contributed by atoms with van der Waals surface area (Å²) in [5.74, 6) is 0. The van der Waals surface area contributed by atoms with Crippen LogP contribution in [0.25, 0.3) is 11.1 Å². The number of hydrogen-bond acceptors (Lipinski definition) is 0. The largest absolute Gasteiger partial charge is 0.435 e. The van der Waals surface area contributed by atoms with Crippen molar-refractivity contribution in [1.82, 2.24) is 0 Å². The van der Waals surface area contributed by atoms with Crippen LogP contribution in [-0.4, -0.2) is 12.4 Å². The second kappa shape index (κ2) is 5.54. The highest BCUT2D eigenvalue weighted by atomic mass is 19.4. The number of hydrogen-bond donors (Lipinski definition) is 0. The van der Waals surface area contributed by atoms with E-state index in [1.165, 1.54) is 19.1 Å². The number of rotatable bonds is 2. The van der Waals surface area contributed by atoms with E-state index < -0.39 is 23.6 Å². The minimum Gasteiger partial charge on any atom is -0.218 e. The van der Waals surface area contributed by atoms with Crippen LogP contribution >= 0.6 is 0 Å². The van der Waals surface area contributed by atoms with Gasteiger partial charge in [0.15, 0.2) is 0 Å². The topological polar surface area (TPSA) is 0 Å². The fourth-order valence-electron chi connectivity index (χ4n) is 2.18. The zero-order valence-corrected chi connectivity index (χ0v) is 11.7. The molecule has 0 bridgehead atoms. The van der Waals surface area contributed by atoms with Gasteiger partial charge < -0.3 is 0 Å². The van der Waals surface area contributed by atoms with Crippen molar-refractivity contribution in [2.24, 2.45) is 0 Å². The van der Waals surface area contributed by atoms with Crippen LogP contribution in [0.4, 0.5) is 30.7 Å². The summed E-state index contributed by atoms with van der Waals surface area (Å²) in [4.78, 5) is 0. The first kappa shape index (κ1) is 17.3. The molecule has 0 aliphatic heterocycles. The molecule has 0 unspecified atom stereocenters. The van der Waals surface area contributed by atoms with Gasteiger partial charge in [0.05, 0.1) is 0 Å². The van der Waals surface area contributed by atoms with E-state index in [4.69, 9.17) is 0 Å². The molecule has 2 aromatic rings. The average Bonchev–Trinajstić information content (AvgIpc) is 2.44. The second-order valence-corrected chi connectivity index (χ2v) is 4.99. The third kappa shape index (κ3) is 3.04. The van der Waals surface area contributed by atoms with Gasteiger partial charge in [-0.05, 0) is 35.7 Å². The Labute approximate surface area is 127 Å². The van der Waals surface area contributed by atoms with Crippen LogP contribution < -0.4 is 0 Å². The molecule has 0 saturated carbocycles. The Morgan fingerprint density at radius 3 is 1.78 bits per heavy atom. The lowest BCUT2D eigenvalue weighted by atomic mass is 9.89. The lowest BCUT2D eigenvalue weighted by Crippen LogP contribution is -2.50. The molecule has 123 valence electrons. The van der Waals surface area contributed by atoms with Gasteiger partial charge in [0.2, 0.25) is 0 Å². The summed E-state index contributed by atoms with van der Waals surface area (Å²) >= 11 is 0. The molecule has 1 radical (unpaired) electrons. The first-order valence-electron chi connectivity index (χ1n) is 6.39. The van der Waals surface area contributed by atoms with Crippen molar-refractivity contribution in [2.75, 3.05) is 0 Å². The van der Waals surface area contributed by atoms with E-state index >= 15 is 0 Å². The number of halogens is 7. The lowest BCUT2D eigenvalue weighted by molar-refractivity contribution is -0.348. The van der Waals surface area contributed by atoms with Crippen molar-refractivity contribution in [3.05, 3.63) is 59.7 Å². The molecule has 0 aromatic heterocycles. The van der Waals surface area contributed by atoms with Crippen molar-refractivity contribution in [3.8, 4) is 11.1 Å². The minimum absolute atomic E-state index is 0.0307. The molecule has 0 amide bonds. The zero-order valence-electron chi connectivity index (χ0n) is 11.7. The molecule has 0 spiro atoms. The summed E-state index contributed by atoms with van der Waals surface area (Å²) in [5.41, 5.74) is -6.69. The molecule has 0 heterocycles. The van der Waals surface area contributed by atoms with Crippen molar-refractivity contribution in [1.29, 1.82) is 0 Å². The number of aryl methyl sites for hydroxylation is 1. The van der Waals surface area contributed by atoms with Crippen molar-refractivity contribution in [3.63, 3.8) is 0 Å². The normalized spacial score (nSPS) is 13.2. The van der Waals surface area contributed by atoms with Gasteiger partial charge in [0.1, 0.15) is 0 Å². The lowest BCUT2D eigenvalue weighted by Gasteiger charge is -2.30. The van der Waals surface area contributed by atoms with E-state index in [2.05, 4.69) is 6.07 Å². The predicted octanol–water partition coefficient (Wildman–Crippen LogP) is 5.75. The Kier molecular flexibility index (Phi) is 4.17. The maximum Gasteiger partial charge on any atom is 0.435 e. The van der Waals surface area contributed by atoms with Gasteiger partial charge in [0, 0.05) is 5.56 Å². The zero-order chi connectivity index (χ0) is 17.5. The number of alkyl halides is 7. The standard InChI is InChI=1S/C16H10F7/c1-10-7-12(11-5-3-2-4-6-11)9-13(8-10)14(17,15(18,19)20)16(21,22)23/h2-6,8-9H,1H3. The average molecular weight is 335 g/mol. The smallest absolute Gasteiger partial charge is 0.218 e. The Morgan fingerprint density at radius 1 is 0.783 bits per heavy atom. The molecule has 0 aliphatic rings. The molecule has 0 aliphatic carbocycles. The van der Waals surface area contributed by atoms with E-state index in [1.54, 1.807) is 18.2 Å². The van der Waals surface area contributed by atoms with Gasteiger partial charge in [-0.3, -0.25) is 0 Å². The Bertz CT molecular complexity index is 670. The molecule has 7 heteroatoms. The monoisotopic (exact) mass is 335 g/mol. The minimum atomic E-state index is -6.13. The summed E-state index contributed by atoms with van der Waals surface area (Å²) in [6, 6.07) is 11.4. The maximum atomic E-state index is 14.1. The Hall–Kier alpha value is -2.05. The SMILES string of the molecule is Cc1[c]c(-c2ccccc2)cc(C(F)(C(F)(F)F)C(F)(F)F)c1. The molecule has 0 N–H and O–H groups in total. The van der Waals surface area contributed by atoms with Crippen LogP contribution in [0.5, 0.6) is 0 Å². The highest BCUT2D eigenvalue weighted by Gasteiger charge is 2.73. The summed E-state index contributed by atoms with van der Waals surface area (Å²) in [6.07, 6.45) is -12.3. The summed E-state index contributed by atoms with van der Waals surface area (Å²) in [7, 11) is 0. The van der Waals surface area contributed by atoms with Gasteiger partial charge in [-0.25, -0.2) is 4.39 Å². The highest BCUT2D eigenvalue weighted by Crippen LogP contribution is 2.53. The summed E-state index contributed by atoms with van der Waals surface area (Å²) < 4.78 is 91.2.